The number of hydrogen-bond donors (Lipinski definition) is 2. The van der Waals surface area contributed by atoms with Gasteiger partial charge in [-0.2, -0.15) is 0 Å². The van der Waals surface area contributed by atoms with E-state index < -0.39 is 0 Å². The maximum absolute atomic E-state index is 12.4. The molecule has 0 radical (unpaired) electrons. The average Bonchev–Trinajstić information content (AvgIpc) is 2.75. The number of nitrogen functional groups attached to an aromatic ring is 1. The van der Waals surface area contributed by atoms with E-state index in [4.69, 9.17) is 10.8 Å². The van der Waals surface area contributed by atoms with Gasteiger partial charge in [0.05, 0.1) is 6.61 Å². The SMILES string of the molecule is CCCCCCCCCCCCCCCCCC(=O)c1ccc(N)c(SCCO)c1. The molecule has 172 valence electrons. The number of nitrogens with two attached hydrogens (primary N) is 1. The Hall–Kier alpha value is -1.00. The van der Waals surface area contributed by atoms with Crippen molar-refractivity contribution in [1.82, 2.24) is 0 Å². The van der Waals surface area contributed by atoms with Gasteiger partial charge in [0, 0.05) is 28.3 Å². The molecule has 0 atom stereocenters. The Morgan fingerprint density at radius 1 is 0.833 bits per heavy atom. The fourth-order valence-electron chi connectivity index (χ4n) is 3.79. The van der Waals surface area contributed by atoms with Crippen LogP contribution in [0.5, 0.6) is 0 Å². The number of unbranched alkanes of at least 4 members (excludes halogenated alkanes) is 14. The first-order valence-corrected chi connectivity index (χ1v) is 13.3. The number of anilines is 1. The van der Waals surface area contributed by atoms with Crippen LogP contribution < -0.4 is 5.73 Å². The first-order chi connectivity index (χ1) is 14.7. The van der Waals surface area contributed by atoms with Crippen molar-refractivity contribution in [1.29, 1.82) is 0 Å². The molecule has 0 amide bonds. The zero-order chi connectivity index (χ0) is 21.9. The third kappa shape index (κ3) is 13.3. The summed E-state index contributed by atoms with van der Waals surface area (Å²) >= 11 is 1.50. The molecule has 0 aliphatic carbocycles. The monoisotopic (exact) mass is 435 g/mol. The van der Waals surface area contributed by atoms with E-state index in [0.717, 1.165) is 23.3 Å². The molecule has 0 bridgehead atoms. The third-order valence-electron chi connectivity index (χ3n) is 5.69. The number of carbonyl (C=O) groups is 1. The maximum Gasteiger partial charge on any atom is 0.162 e. The van der Waals surface area contributed by atoms with E-state index in [-0.39, 0.29) is 12.4 Å². The third-order valence-corrected chi connectivity index (χ3v) is 6.74. The lowest BCUT2D eigenvalue weighted by molar-refractivity contribution is 0.0979. The van der Waals surface area contributed by atoms with E-state index in [9.17, 15) is 4.79 Å². The van der Waals surface area contributed by atoms with Crippen LogP contribution in [0.4, 0.5) is 5.69 Å². The summed E-state index contributed by atoms with van der Waals surface area (Å²) in [5, 5.41) is 8.97. The van der Waals surface area contributed by atoms with E-state index in [2.05, 4.69) is 6.92 Å². The summed E-state index contributed by atoms with van der Waals surface area (Å²) in [4.78, 5) is 13.3. The highest BCUT2D eigenvalue weighted by atomic mass is 32.2. The molecule has 0 aromatic heterocycles. The molecule has 1 rings (SSSR count). The molecule has 0 unspecified atom stereocenters. The molecule has 0 aliphatic rings. The first kappa shape index (κ1) is 27.0. The van der Waals surface area contributed by atoms with Crippen LogP contribution in [0.15, 0.2) is 23.1 Å². The van der Waals surface area contributed by atoms with Crippen molar-refractivity contribution in [2.45, 2.75) is 115 Å². The van der Waals surface area contributed by atoms with Crippen LogP contribution >= 0.6 is 11.8 Å². The summed E-state index contributed by atoms with van der Waals surface area (Å²) in [6.45, 7) is 2.39. The molecule has 1 aromatic carbocycles. The van der Waals surface area contributed by atoms with E-state index in [0.29, 0.717) is 17.9 Å². The molecular formula is C26H45NO2S. The number of aliphatic hydroxyl groups is 1. The number of ketones is 1. The first-order valence-electron chi connectivity index (χ1n) is 12.4. The van der Waals surface area contributed by atoms with E-state index in [1.54, 1.807) is 6.07 Å². The smallest absolute Gasteiger partial charge is 0.162 e. The quantitative estimate of drug-likeness (QED) is 0.0949. The number of rotatable bonds is 20. The van der Waals surface area contributed by atoms with Gasteiger partial charge in [-0.25, -0.2) is 0 Å². The Kier molecular flexibility index (Phi) is 16.9. The average molecular weight is 436 g/mol. The molecule has 0 spiro atoms. The second kappa shape index (κ2) is 18.7. The van der Waals surface area contributed by atoms with Crippen molar-refractivity contribution in [3.05, 3.63) is 23.8 Å². The maximum atomic E-state index is 12.4. The van der Waals surface area contributed by atoms with Gasteiger partial charge >= 0.3 is 0 Å². The summed E-state index contributed by atoms with van der Waals surface area (Å²) in [7, 11) is 0. The Morgan fingerprint density at radius 3 is 1.83 bits per heavy atom. The molecule has 1 aromatic rings. The van der Waals surface area contributed by atoms with Gasteiger partial charge < -0.3 is 10.8 Å². The zero-order valence-corrected chi connectivity index (χ0v) is 20.1. The van der Waals surface area contributed by atoms with Crippen molar-refractivity contribution < 1.29 is 9.90 Å². The fourth-order valence-corrected chi connectivity index (χ4v) is 4.55. The van der Waals surface area contributed by atoms with E-state index in [1.807, 2.05) is 12.1 Å². The largest absolute Gasteiger partial charge is 0.398 e. The second-order valence-corrected chi connectivity index (χ2v) is 9.58. The molecule has 0 fully saturated rings. The molecule has 0 saturated heterocycles. The molecule has 3 N–H and O–H groups in total. The van der Waals surface area contributed by atoms with Gasteiger partial charge in [0.1, 0.15) is 0 Å². The summed E-state index contributed by atoms with van der Waals surface area (Å²) in [5.74, 6) is 0.802. The molecule has 4 heteroatoms. The van der Waals surface area contributed by atoms with Crippen LogP contribution in [0.2, 0.25) is 0 Å². The zero-order valence-electron chi connectivity index (χ0n) is 19.3. The minimum absolute atomic E-state index is 0.113. The lowest BCUT2D eigenvalue weighted by Crippen LogP contribution is -2.01. The molecule has 0 saturated carbocycles. The Morgan fingerprint density at radius 2 is 1.33 bits per heavy atom. The predicted octanol–water partition coefficient (Wildman–Crippen LogP) is 7.80. The summed E-state index contributed by atoms with van der Waals surface area (Å²) in [6.07, 6.45) is 20.6. The molecule has 30 heavy (non-hydrogen) atoms. The molecule has 0 aliphatic heterocycles. The number of hydrogen-bond acceptors (Lipinski definition) is 4. The minimum Gasteiger partial charge on any atom is -0.398 e. The Balaban J connectivity index is 1.98. The molecule has 0 heterocycles. The van der Waals surface area contributed by atoms with Gasteiger partial charge in [0.2, 0.25) is 0 Å². The van der Waals surface area contributed by atoms with Crippen molar-refractivity contribution in [3.63, 3.8) is 0 Å². The molecule has 3 nitrogen and oxygen atoms in total. The number of thioether (sulfide) groups is 1. The normalized spacial score (nSPS) is 11.1. The van der Waals surface area contributed by atoms with E-state index in [1.165, 1.54) is 95.2 Å². The van der Waals surface area contributed by atoms with Crippen molar-refractivity contribution in [2.75, 3.05) is 18.1 Å². The lowest BCUT2D eigenvalue weighted by atomic mass is 10.0. The number of carbonyl (C=O) groups excluding carboxylic acids is 1. The van der Waals surface area contributed by atoms with Crippen LogP contribution in [0.25, 0.3) is 0 Å². The Labute approximate surface area is 189 Å². The van der Waals surface area contributed by atoms with Crippen LogP contribution in [-0.4, -0.2) is 23.2 Å². The predicted molar refractivity (Wildman–Crippen MR) is 133 cm³/mol. The Bertz CT molecular complexity index is 562. The summed E-state index contributed by atoms with van der Waals surface area (Å²) in [5.41, 5.74) is 7.38. The van der Waals surface area contributed by atoms with Crippen LogP contribution in [0.3, 0.4) is 0 Å². The number of aliphatic hydroxyl groups excluding tert-OH is 1. The van der Waals surface area contributed by atoms with Gasteiger partial charge in [0.15, 0.2) is 5.78 Å². The van der Waals surface area contributed by atoms with Gasteiger partial charge in [-0.3, -0.25) is 4.79 Å². The number of Topliss-reactive ketones (excluding diaryl/α,β-unsaturated/α-hetero) is 1. The van der Waals surface area contributed by atoms with Crippen LogP contribution in [0.1, 0.15) is 120 Å². The van der Waals surface area contributed by atoms with Gasteiger partial charge in [-0.15, -0.1) is 11.8 Å². The lowest BCUT2D eigenvalue weighted by Gasteiger charge is -2.07. The molecular weight excluding hydrogens is 390 g/mol. The number of benzene rings is 1. The van der Waals surface area contributed by atoms with E-state index >= 15 is 0 Å². The standard InChI is InChI=1S/C26H45NO2S/c1-2-3-4-5-6-7-8-9-10-11-12-13-14-15-16-17-25(29)23-18-19-24(27)26(22-23)30-21-20-28/h18-19,22,28H,2-17,20-21,27H2,1H3. The second-order valence-electron chi connectivity index (χ2n) is 8.45. The van der Waals surface area contributed by atoms with Gasteiger partial charge in [0.25, 0.3) is 0 Å². The highest BCUT2D eigenvalue weighted by Gasteiger charge is 2.09. The van der Waals surface area contributed by atoms with Gasteiger partial charge in [-0.1, -0.05) is 96.8 Å². The minimum atomic E-state index is 0.113. The highest BCUT2D eigenvalue weighted by molar-refractivity contribution is 7.99. The van der Waals surface area contributed by atoms with Crippen molar-refractivity contribution in [3.8, 4) is 0 Å². The van der Waals surface area contributed by atoms with Crippen molar-refractivity contribution in [2.24, 2.45) is 0 Å². The van der Waals surface area contributed by atoms with Crippen molar-refractivity contribution >= 4 is 23.2 Å². The van der Waals surface area contributed by atoms with Crippen LogP contribution in [-0.2, 0) is 0 Å². The summed E-state index contributed by atoms with van der Waals surface area (Å²) in [6, 6.07) is 5.51. The highest BCUT2D eigenvalue weighted by Crippen LogP contribution is 2.26. The summed E-state index contributed by atoms with van der Waals surface area (Å²) < 4.78 is 0. The topological polar surface area (TPSA) is 63.3 Å². The van der Waals surface area contributed by atoms with Crippen LogP contribution in [0, 0.1) is 0 Å². The fraction of sp³-hybridized carbons (Fsp3) is 0.731. The van der Waals surface area contributed by atoms with Gasteiger partial charge in [-0.05, 0) is 24.6 Å².